The van der Waals surface area contributed by atoms with Crippen LogP contribution in [-0.4, -0.2) is 32.3 Å². The number of rotatable bonds is 9. The van der Waals surface area contributed by atoms with Crippen LogP contribution in [-0.2, 0) is 16.1 Å². The van der Waals surface area contributed by atoms with E-state index in [-0.39, 0.29) is 17.9 Å². The van der Waals surface area contributed by atoms with Crippen LogP contribution >= 0.6 is 0 Å². The predicted molar refractivity (Wildman–Crippen MR) is 124 cm³/mol. The quantitative estimate of drug-likeness (QED) is 0.534. The minimum absolute atomic E-state index is 0.0416. The molecular weight excluding hydrogens is 402 g/mol. The average Bonchev–Trinajstić information content (AvgIpc) is 3.37. The molecule has 3 aromatic rings. The molecule has 1 heterocycles. The second-order valence-corrected chi connectivity index (χ2v) is 7.90. The van der Waals surface area contributed by atoms with E-state index in [2.05, 4.69) is 5.32 Å². The summed E-state index contributed by atoms with van der Waals surface area (Å²) in [7, 11) is 1.62. The molecule has 0 saturated carbocycles. The molecule has 1 fully saturated rings. The Morgan fingerprint density at radius 2 is 1.69 bits per heavy atom. The van der Waals surface area contributed by atoms with Gasteiger partial charge in [0.05, 0.1) is 19.1 Å². The number of benzene rings is 3. The van der Waals surface area contributed by atoms with Crippen molar-refractivity contribution in [3.05, 3.63) is 95.6 Å². The Kier molecular flexibility index (Phi) is 7.41. The van der Waals surface area contributed by atoms with Crippen molar-refractivity contribution >= 4 is 5.91 Å². The minimum atomic E-state index is -0.367. The van der Waals surface area contributed by atoms with E-state index in [9.17, 15) is 4.79 Å². The fraction of sp³-hybridized carbons (Fsp3) is 0.296. The van der Waals surface area contributed by atoms with Gasteiger partial charge in [-0.2, -0.15) is 0 Å². The largest absolute Gasteiger partial charge is 0.493 e. The van der Waals surface area contributed by atoms with Gasteiger partial charge in [0, 0.05) is 13.2 Å². The third-order valence-corrected chi connectivity index (χ3v) is 5.67. The Bertz CT molecular complexity index is 961. The van der Waals surface area contributed by atoms with Gasteiger partial charge in [0.15, 0.2) is 11.5 Å². The highest BCUT2D eigenvalue weighted by Gasteiger charge is 2.22. The van der Waals surface area contributed by atoms with Crippen molar-refractivity contribution in [2.24, 2.45) is 0 Å². The molecule has 0 radical (unpaired) electrons. The van der Waals surface area contributed by atoms with Gasteiger partial charge < -0.3 is 19.5 Å². The molecule has 1 saturated heterocycles. The summed E-state index contributed by atoms with van der Waals surface area (Å²) < 4.78 is 17.0. The molecule has 0 aliphatic carbocycles. The summed E-state index contributed by atoms with van der Waals surface area (Å²) >= 11 is 0. The zero-order chi connectivity index (χ0) is 22.2. The maximum absolute atomic E-state index is 13.2. The molecule has 0 bridgehead atoms. The van der Waals surface area contributed by atoms with Crippen LogP contribution in [0.4, 0.5) is 0 Å². The Morgan fingerprint density at radius 3 is 2.28 bits per heavy atom. The number of ether oxygens (including phenoxy) is 3. The Labute approximate surface area is 189 Å². The fourth-order valence-electron chi connectivity index (χ4n) is 3.98. The summed E-state index contributed by atoms with van der Waals surface area (Å²) in [5, 5.41) is 3.09. The van der Waals surface area contributed by atoms with E-state index in [1.165, 1.54) is 0 Å². The molecule has 1 aliphatic heterocycles. The third-order valence-electron chi connectivity index (χ3n) is 5.67. The molecule has 1 N–H and O–H groups in total. The zero-order valence-electron chi connectivity index (χ0n) is 18.3. The maximum Gasteiger partial charge on any atom is 0.232 e. The van der Waals surface area contributed by atoms with E-state index in [1.54, 1.807) is 7.11 Å². The summed E-state index contributed by atoms with van der Waals surface area (Å²) in [6.45, 7) is 1.72. The molecule has 1 unspecified atom stereocenters. The van der Waals surface area contributed by atoms with Crippen molar-refractivity contribution in [2.45, 2.75) is 31.4 Å². The van der Waals surface area contributed by atoms with Gasteiger partial charge in [-0.15, -0.1) is 0 Å². The van der Waals surface area contributed by atoms with Gasteiger partial charge in [0.2, 0.25) is 5.91 Å². The number of nitrogens with one attached hydrogen (secondary N) is 1. The molecule has 0 spiro atoms. The standard InChI is InChI=1S/C27H29NO4/c1-30-25-17-20(14-15-24(25)32-19-23-13-8-16-31-23)18-28-27(29)26(21-9-4-2-5-10-21)22-11-6-3-7-12-22/h2-7,9-12,14-15,17,23,26H,8,13,16,18-19H2,1H3,(H,28,29). The van der Waals surface area contributed by atoms with Crippen molar-refractivity contribution in [3.63, 3.8) is 0 Å². The summed E-state index contributed by atoms with van der Waals surface area (Å²) in [5.74, 6) is 0.926. The number of amides is 1. The van der Waals surface area contributed by atoms with Crippen LogP contribution in [0.5, 0.6) is 11.5 Å². The maximum atomic E-state index is 13.2. The van der Waals surface area contributed by atoms with Crippen LogP contribution in [0.2, 0.25) is 0 Å². The van der Waals surface area contributed by atoms with Crippen molar-refractivity contribution in [3.8, 4) is 11.5 Å². The zero-order valence-corrected chi connectivity index (χ0v) is 18.3. The molecule has 4 rings (SSSR count). The van der Waals surface area contributed by atoms with Crippen molar-refractivity contribution in [1.29, 1.82) is 0 Å². The van der Waals surface area contributed by atoms with Crippen LogP contribution in [0.15, 0.2) is 78.9 Å². The van der Waals surface area contributed by atoms with E-state index < -0.39 is 0 Å². The Morgan fingerprint density at radius 1 is 1.00 bits per heavy atom. The topological polar surface area (TPSA) is 56.8 Å². The van der Waals surface area contributed by atoms with Crippen LogP contribution < -0.4 is 14.8 Å². The molecule has 5 heteroatoms. The Hall–Kier alpha value is -3.31. The first kappa shape index (κ1) is 21.9. The lowest BCUT2D eigenvalue weighted by Gasteiger charge is -2.18. The molecule has 3 aromatic carbocycles. The van der Waals surface area contributed by atoms with Gasteiger partial charge in [0.25, 0.3) is 0 Å². The molecule has 166 valence electrons. The second kappa shape index (κ2) is 10.8. The van der Waals surface area contributed by atoms with E-state index >= 15 is 0 Å². The Balaban J connectivity index is 1.43. The van der Waals surface area contributed by atoms with Gasteiger partial charge in [-0.1, -0.05) is 66.7 Å². The van der Waals surface area contributed by atoms with Gasteiger partial charge in [-0.05, 0) is 41.7 Å². The molecule has 1 atom stereocenters. The predicted octanol–water partition coefficient (Wildman–Crippen LogP) is 4.70. The highest BCUT2D eigenvalue weighted by Crippen LogP contribution is 2.29. The van der Waals surface area contributed by atoms with Crippen LogP contribution in [0.3, 0.4) is 0 Å². The normalized spacial score (nSPS) is 15.5. The molecule has 0 aromatic heterocycles. The lowest BCUT2D eigenvalue weighted by atomic mass is 9.90. The van der Waals surface area contributed by atoms with E-state index in [0.29, 0.717) is 24.7 Å². The molecule has 32 heavy (non-hydrogen) atoms. The van der Waals surface area contributed by atoms with Gasteiger partial charge in [0.1, 0.15) is 6.61 Å². The fourth-order valence-corrected chi connectivity index (χ4v) is 3.98. The van der Waals surface area contributed by atoms with Crippen molar-refractivity contribution in [2.75, 3.05) is 20.3 Å². The highest BCUT2D eigenvalue weighted by molar-refractivity contribution is 5.87. The van der Waals surface area contributed by atoms with Crippen LogP contribution in [0.1, 0.15) is 35.4 Å². The van der Waals surface area contributed by atoms with Crippen molar-refractivity contribution < 1.29 is 19.0 Å². The van der Waals surface area contributed by atoms with E-state index in [0.717, 1.165) is 36.1 Å². The highest BCUT2D eigenvalue weighted by atomic mass is 16.5. The number of carbonyl (C=O) groups is 1. The molecule has 1 amide bonds. The molecule has 1 aliphatic rings. The van der Waals surface area contributed by atoms with Gasteiger partial charge in [-0.25, -0.2) is 0 Å². The SMILES string of the molecule is COc1cc(CNC(=O)C(c2ccccc2)c2ccccc2)ccc1OCC1CCCO1. The summed E-state index contributed by atoms with van der Waals surface area (Å²) in [5.41, 5.74) is 2.87. The monoisotopic (exact) mass is 431 g/mol. The van der Waals surface area contributed by atoms with Crippen molar-refractivity contribution in [1.82, 2.24) is 5.32 Å². The number of hydrogen-bond acceptors (Lipinski definition) is 4. The summed E-state index contributed by atoms with van der Waals surface area (Å²) in [4.78, 5) is 13.2. The van der Waals surface area contributed by atoms with Crippen LogP contribution in [0, 0.1) is 0 Å². The summed E-state index contributed by atoms with van der Waals surface area (Å²) in [6.07, 6.45) is 2.25. The van der Waals surface area contributed by atoms with Gasteiger partial charge >= 0.3 is 0 Å². The molecule has 5 nitrogen and oxygen atoms in total. The minimum Gasteiger partial charge on any atom is -0.493 e. The first-order valence-corrected chi connectivity index (χ1v) is 11.0. The smallest absolute Gasteiger partial charge is 0.232 e. The van der Waals surface area contributed by atoms with Gasteiger partial charge in [-0.3, -0.25) is 4.79 Å². The lowest BCUT2D eigenvalue weighted by molar-refractivity contribution is -0.121. The summed E-state index contributed by atoms with van der Waals surface area (Å²) in [6, 6.07) is 25.4. The number of methoxy groups -OCH3 is 1. The first-order chi connectivity index (χ1) is 15.7. The third kappa shape index (κ3) is 5.48. The van der Waals surface area contributed by atoms with E-state index in [1.807, 2.05) is 78.9 Å². The first-order valence-electron chi connectivity index (χ1n) is 11.0. The number of hydrogen-bond donors (Lipinski definition) is 1. The number of carbonyl (C=O) groups excluding carboxylic acids is 1. The lowest BCUT2D eigenvalue weighted by Crippen LogP contribution is -2.29. The van der Waals surface area contributed by atoms with E-state index in [4.69, 9.17) is 14.2 Å². The van der Waals surface area contributed by atoms with Crippen LogP contribution in [0.25, 0.3) is 0 Å². The average molecular weight is 432 g/mol. The molecular formula is C27H29NO4. The second-order valence-electron chi connectivity index (χ2n) is 7.90.